The zero-order valence-electron chi connectivity index (χ0n) is 11.0. The largest absolute Gasteiger partial charge is 0.334 e. The summed E-state index contributed by atoms with van der Waals surface area (Å²) >= 11 is 7.42. The van der Waals surface area contributed by atoms with Crippen LogP contribution in [0.15, 0.2) is 11.4 Å². The summed E-state index contributed by atoms with van der Waals surface area (Å²) in [5.74, 6) is 0.120. The molecule has 19 heavy (non-hydrogen) atoms. The normalized spacial score (nSPS) is 20.1. The molecule has 0 saturated carbocycles. The minimum atomic E-state index is -0.0202. The third kappa shape index (κ3) is 3.57. The fourth-order valence-corrected chi connectivity index (χ4v) is 3.66. The lowest BCUT2D eigenvalue weighted by atomic mass is 10.0. The average molecular weight is 300 g/mol. The molecule has 0 radical (unpaired) electrons. The summed E-state index contributed by atoms with van der Waals surface area (Å²) in [5.41, 5.74) is 0. The molecule has 3 nitrogen and oxygen atoms in total. The minimum absolute atomic E-state index is 0.0202. The number of carbonyl (C=O) groups is 2. The van der Waals surface area contributed by atoms with Gasteiger partial charge in [-0.25, -0.2) is 0 Å². The van der Waals surface area contributed by atoms with E-state index in [2.05, 4.69) is 0 Å². The number of hydrogen-bond donors (Lipinski definition) is 0. The van der Waals surface area contributed by atoms with Crippen molar-refractivity contribution in [3.8, 4) is 0 Å². The smallest absolute Gasteiger partial charge is 0.265 e. The summed E-state index contributed by atoms with van der Waals surface area (Å²) in [4.78, 5) is 26.4. The highest BCUT2D eigenvalue weighted by molar-refractivity contribution is 7.12. The maximum Gasteiger partial charge on any atom is 0.265 e. The minimum Gasteiger partial charge on any atom is -0.334 e. The molecular formula is C14H18ClNO2S. The van der Waals surface area contributed by atoms with Gasteiger partial charge in [0.15, 0.2) is 0 Å². The second kappa shape index (κ2) is 6.53. The van der Waals surface area contributed by atoms with Crippen molar-refractivity contribution in [3.05, 3.63) is 21.3 Å². The maximum atomic E-state index is 12.6. The Labute approximate surface area is 122 Å². The molecule has 1 aromatic heterocycles. The van der Waals surface area contributed by atoms with E-state index in [4.69, 9.17) is 11.6 Å². The zero-order chi connectivity index (χ0) is 13.8. The van der Waals surface area contributed by atoms with E-state index < -0.39 is 0 Å². The van der Waals surface area contributed by atoms with Gasteiger partial charge in [-0.1, -0.05) is 24.4 Å². The zero-order valence-corrected chi connectivity index (χ0v) is 12.6. The molecule has 1 atom stereocenters. The monoisotopic (exact) mass is 299 g/mol. The van der Waals surface area contributed by atoms with Crippen molar-refractivity contribution < 1.29 is 9.59 Å². The molecule has 0 bridgehead atoms. The number of Topliss-reactive ketones (excluding diaryl/α,β-unsaturated/α-hetero) is 1. The van der Waals surface area contributed by atoms with E-state index in [0.717, 1.165) is 32.2 Å². The lowest BCUT2D eigenvalue weighted by molar-refractivity contribution is -0.118. The molecule has 5 heteroatoms. The summed E-state index contributed by atoms with van der Waals surface area (Å²) in [5, 5.41) is 2.34. The lowest BCUT2D eigenvalue weighted by Gasteiger charge is -2.29. The molecule has 0 aromatic carbocycles. The number of hydrogen-bond acceptors (Lipinski definition) is 3. The Morgan fingerprint density at radius 3 is 2.84 bits per heavy atom. The number of thiophene rings is 1. The lowest BCUT2D eigenvalue weighted by Crippen LogP contribution is -2.40. The van der Waals surface area contributed by atoms with Crippen LogP contribution in [-0.4, -0.2) is 29.2 Å². The van der Waals surface area contributed by atoms with Crippen LogP contribution < -0.4 is 0 Å². The molecule has 1 aliphatic heterocycles. The van der Waals surface area contributed by atoms with Crippen molar-refractivity contribution in [2.75, 3.05) is 6.54 Å². The highest BCUT2D eigenvalue weighted by atomic mass is 35.5. The summed E-state index contributed by atoms with van der Waals surface area (Å²) < 4.78 is 0. The highest BCUT2D eigenvalue weighted by Crippen LogP contribution is 2.27. The Kier molecular flexibility index (Phi) is 4.99. The average Bonchev–Trinajstić information content (AvgIpc) is 2.64. The van der Waals surface area contributed by atoms with Crippen LogP contribution in [0, 0.1) is 0 Å². The number of halogens is 1. The molecule has 1 aromatic rings. The summed E-state index contributed by atoms with van der Waals surface area (Å²) in [6, 6.07) is 1.78. The van der Waals surface area contributed by atoms with Gasteiger partial charge in [-0.15, -0.1) is 11.3 Å². The third-order valence-corrected chi connectivity index (χ3v) is 4.80. The third-order valence-electron chi connectivity index (χ3n) is 3.47. The second-order valence-electron chi connectivity index (χ2n) is 5.01. The molecule has 1 aliphatic rings. The first-order valence-electron chi connectivity index (χ1n) is 6.63. The van der Waals surface area contributed by atoms with Gasteiger partial charge in [0.1, 0.15) is 10.7 Å². The number of nitrogens with zero attached hydrogens (tertiary/aromatic N) is 1. The van der Waals surface area contributed by atoms with Crippen molar-refractivity contribution in [1.29, 1.82) is 0 Å². The van der Waals surface area contributed by atoms with Gasteiger partial charge < -0.3 is 4.90 Å². The Morgan fingerprint density at radius 1 is 1.42 bits per heavy atom. The predicted octanol–water partition coefficient (Wildman–Crippen LogP) is 3.77. The molecule has 2 heterocycles. The molecule has 1 unspecified atom stereocenters. The number of ketones is 1. The van der Waals surface area contributed by atoms with Gasteiger partial charge in [0.2, 0.25) is 0 Å². The van der Waals surface area contributed by atoms with Gasteiger partial charge in [0, 0.05) is 19.0 Å². The van der Waals surface area contributed by atoms with E-state index >= 15 is 0 Å². The van der Waals surface area contributed by atoms with Crippen molar-refractivity contribution in [2.24, 2.45) is 0 Å². The summed E-state index contributed by atoms with van der Waals surface area (Å²) in [6.45, 7) is 2.32. The van der Waals surface area contributed by atoms with Crippen molar-refractivity contribution in [1.82, 2.24) is 4.90 Å². The highest BCUT2D eigenvalue weighted by Gasteiger charge is 2.28. The molecule has 1 saturated heterocycles. The second-order valence-corrected chi connectivity index (χ2v) is 6.33. The van der Waals surface area contributed by atoms with Crippen molar-refractivity contribution in [3.63, 3.8) is 0 Å². The van der Waals surface area contributed by atoms with Gasteiger partial charge in [-0.3, -0.25) is 9.59 Å². The summed E-state index contributed by atoms with van der Waals surface area (Å²) in [6.07, 6.45) is 4.57. The van der Waals surface area contributed by atoms with Gasteiger partial charge in [0.25, 0.3) is 5.91 Å². The molecule has 0 N–H and O–H groups in total. The first-order valence-corrected chi connectivity index (χ1v) is 7.88. The van der Waals surface area contributed by atoms with Gasteiger partial charge in [0.05, 0.1) is 5.02 Å². The van der Waals surface area contributed by atoms with E-state index in [9.17, 15) is 9.59 Å². The van der Waals surface area contributed by atoms with Crippen LogP contribution in [0.5, 0.6) is 0 Å². The summed E-state index contributed by atoms with van der Waals surface area (Å²) in [7, 11) is 0. The molecule has 104 valence electrons. The molecule has 1 amide bonds. The number of likely N-dealkylation sites (tertiary alicyclic amines) is 1. The Hall–Kier alpha value is -0.870. The van der Waals surface area contributed by atoms with Crippen LogP contribution in [0.1, 0.15) is 48.7 Å². The maximum absolute atomic E-state index is 12.6. The van der Waals surface area contributed by atoms with Crippen LogP contribution in [0.2, 0.25) is 5.02 Å². The first kappa shape index (κ1) is 14.5. The molecular weight excluding hydrogens is 282 g/mol. The first-order chi connectivity index (χ1) is 9.09. The standard InChI is InChI=1S/C14H18ClNO2S/c1-10(17)9-11-5-3-2-4-7-16(11)14(18)13-12(15)6-8-19-13/h6,8,11H,2-5,7,9H2,1H3. The molecule has 0 aliphatic carbocycles. The molecule has 1 fully saturated rings. The Morgan fingerprint density at radius 2 is 2.21 bits per heavy atom. The van der Waals surface area contributed by atoms with Crippen LogP contribution in [0.3, 0.4) is 0 Å². The van der Waals surface area contributed by atoms with Crippen LogP contribution in [-0.2, 0) is 4.79 Å². The van der Waals surface area contributed by atoms with E-state index in [1.807, 2.05) is 10.3 Å². The van der Waals surface area contributed by atoms with E-state index in [0.29, 0.717) is 16.3 Å². The topological polar surface area (TPSA) is 37.4 Å². The van der Waals surface area contributed by atoms with E-state index in [1.54, 1.807) is 13.0 Å². The van der Waals surface area contributed by atoms with Gasteiger partial charge >= 0.3 is 0 Å². The van der Waals surface area contributed by atoms with Crippen molar-refractivity contribution in [2.45, 2.75) is 45.1 Å². The Bertz CT molecular complexity index is 472. The van der Waals surface area contributed by atoms with E-state index in [1.165, 1.54) is 11.3 Å². The quantitative estimate of drug-likeness (QED) is 0.852. The number of amides is 1. The molecule has 2 rings (SSSR count). The fourth-order valence-electron chi connectivity index (χ4n) is 2.57. The predicted molar refractivity (Wildman–Crippen MR) is 77.9 cm³/mol. The number of carbonyl (C=O) groups excluding carboxylic acids is 2. The van der Waals surface area contributed by atoms with Gasteiger partial charge in [-0.05, 0) is 31.2 Å². The Balaban J connectivity index is 2.20. The van der Waals surface area contributed by atoms with Crippen LogP contribution in [0.4, 0.5) is 0 Å². The van der Waals surface area contributed by atoms with Crippen molar-refractivity contribution >= 4 is 34.6 Å². The van der Waals surface area contributed by atoms with Crippen LogP contribution in [0.25, 0.3) is 0 Å². The molecule has 0 spiro atoms. The van der Waals surface area contributed by atoms with Gasteiger partial charge in [-0.2, -0.15) is 0 Å². The fraction of sp³-hybridized carbons (Fsp3) is 0.571. The van der Waals surface area contributed by atoms with Crippen LogP contribution >= 0.6 is 22.9 Å². The van der Waals surface area contributed by atoms with E-state index in [-0.39, 0.29) is 17.7 Å². The SMILES string of the molecule is CC(=O)CC1CCCCCN1C(=O)c1sccc1Cl. The number of rotatable bonds is 3.